The first-order valence-corrected chi connectivity index (χ1v) is 9.92. The second-order valence-corrected chi connectivity index (χ2v) is 7.36. The van der Waals surface area contributed by atoms with Crippen LogP contribution in [-0.2, 0) is 6.54 Å². The number of H-pyrrole nitrogens is 1. The first-order valence-electron chi connectivity index (χ1n) is 9.92. The van der Waals surface area contributed by atoms with Gasteiger partial charge in [-0.2, -0.15) is 0 Å². The van der Waals surface area contributed by atoms with Crippen molar-refractivity contribution in [3.05, 3.63) is 71.7 Å². The number of benzene rings is 2. The molecule has 3 aromatic rings. The first-order chi connectivity index (χ1) is 13.7. The maximum Gasteiger partial charge on any atom is 0.140 e. The third-order valence-corrected chi connectivity index (χ3v) is 5.40. The molecule has 4 rings (SSSR count). The fraction of sp³-hybridized carbons (Fsp3) is 0.348. The number of nitrogens with one attached hydrogen (secondary N) is 1. The number of ether oxygens (including phenoxy) is 1. The minimum atomic E-state index is -0.785. The van der Waals surface area contributed by atoms with Crippen LogP contribution in [0.1, 0.15) is 42.3 Å². The minimum Gasteiger partial charge on any atom is -0.496 e. The zero-order valence-electron chi connectivity index (χ0n) is 16.3. The zero-order valence-corrected chi connectivity index (χ0v) is 16.3. The van der Waals surface area contributed by atoms with Crippen molar-refractivity contribution < 1.29 is 9.84 Å². The second kappa shape index (κ2) is 8.59. The fourth-order valence-corrected chi connectivity index (χ4v) is 3.82. The van der Waals surface area contributed by atoms with E-state index in [9.17, 15) is 5.11 Å². The van der Waals surface area contributed by atoms with E-state index in [0.29, 0.717) is 5.82 Å². The Kier molecular flexibility index (Phi) is 5.74. The van der Waals surface area contributed by atoms with Crippen molar-refractivity contribution in [3.63, 3.8) is 0 Å². The molecular weight excluding hydrogens is 350 g/mol. The number of hydrogen-bond acceptors (Lipinski definition) is 4. The zero-order chi connectivity index (χ0) is 19.3. The number of piperidine rings is 1. The molecule has 0 radical (unpaired) electrons. The summed E-state index contributed by atoms with van der Waals surface area (Å²) < 4.78 is 5.42. The number of aromatic amines is 1. The molecule has 2 heterocycles. The smallest absolute Gasteiger partial charge is 0.140 e. The molecule has 1 aromatic heterocycles. The maximum absolute atomic E-state index is 10.8. The van der Waals surface area contributed by atoms with Gasteiger partial charge in [-0.3, -0.25) is 4.90 Å². The molecule has 1 saturated heterocycles. The highest BCUT2D eigenvalue weighted by Gasteiger charge is 2.17. The number of aromatic nitrogens is 2. The van der Waals surface area contributed by atoms with E-state index in [2.05, 4.69) is 27.0 Å². The lowest BCUT2D eigenvalue weighted by atomic mass is 10.1. The van der Waals surface area contributed by atoms with Gasteiger partial charge in [0.05, 0.1) is 19.0 Å². The average molecular weight is 377 g/mol. The van der Waals surface area contributed by atoms with Gasteiger partial charge in [-0.15, -0.1) is 0 Å². The topological polar surface area (TPSA) is 61.4 Å². The van der Waals surface area contributed by atoms with Crippen LogP contribution in [0.2, 0.25) is 0 Å². The number of aliphatic hydroxyl groups excluding tert-OH is 1. The molecule has 5 heteroatoms. The molecule has 1 aliphatic heterocycles. The van der Waals surface area contributed by atoms with Crippen LogP contribution in [0.3, 0.4) is 0 Å². The predicted octanol–water partition coefficient (Wildman–Crippen LogP) is 4.15. The van der Waals surface area contributed by atoms with Crippen LogP contribution in [0.25, 0.3) is 11.3 Å². The summed E-state index contributed by atoms with van der Waals surface area (Å²) in [6.07, 6.45) is 4.89. The lowest BCUT2D eigenvalue weighted by Crippen LogP contribution is -2.29. The van der Waals surface area contributed by atoms with Gasteiger partial charge in [0.15, 0.2) is 0 Å². The third kappa shape index (κ3) is 4.11. The molecule has 1 unspecified atom stereocenters. The van der Waals surface area contributed by atoms with E-state index in [-0.39, 0.29) is 0 Å². The molecule has 146 valence electrons. The summed E-state index contributed by atoms with van der Waals surface area (Å²) in [5.74, 6) is 1.30. The number of imidazole rings is 1. The number of nitrogens with zero attached hydrogens (tertiary/aromatic N) is 2. The number of hydrogen-bond donors (Lipinski definition) is 2. The van der Waals surface area contributed by atoms with Crippen molar-refractivity contribution >= 4 is 0 Å². The Balaban J connectivity index is 1.47. The number of para-hydroxylation sites is 1. The van der Waals surface area contributed by atoms with Gasteiger partial charge in [-0.1, -0.05) is 42.8 Å². The van der Waals surface area contributed by atoms with Crippen molar-refractivity contribution in [2.24, 2.45) is 0 Å². The molecule has 0 aliphatic carbocycles. The van der Waals surface area contributed by atoms with Gasteiger partial charge >= 0.3 is 0 Å². The van der Waals surface area contributed by atoms with Crippen LogP contribution in [0.4, 0.5) is 0 Å². The van der Waals surface area contributed by atoms with Crippen LogP contribution in [0.15, 0.2) is 54.7 Å². The summed E-state index contributed by atoms with van der Waals surface area (Å²) in [4.78, 5) is 10.1. The van der Waals surface area contributed by atoms with Crippen LogP contribution in [0, 0.1) is 0 Å². The van der Waals surface area contributed by atoms with Gasteiger partial charge in [0.25, 0.3) is 0 Å². The van der Waals surface area contributed by atoms with E-state index in [1.54, 1.807) is 13.3 Å². The molecule has 1 atom stereocenters. The molecule has 2 aromatic carbocycles. The summed E-state index contributed by atoms with van der Waals surface area (Å²) in [7, 11) is 1.65. The van der Waals surface area contributed by atoms with Crippen molar-refractivity contribution in [2.75, 3.05) is 20.2 Å². The van der Waals surface area contributed by atoms with Gasteiger partial charge in [-0.05, 0) is 49.2 Å². The molecule has 2 N–H and O–H groups in total. The Labute approximate surface area is 166 Å². The van der Waals surface area contributed by atoms with Crippen molar-refractivity contribution in [2.45, 2.75) is 31.9 Å². The van der Waals surface area contributed by atoms with Gasteiger partial charge in [-0.25, -0.2) is 4.98 Å². The molecular formula is C23H27N3O2. The quantitative estimate of drug-likeness (QED) is 0.677. The molecule has 0 amide bonds. The van der Waals surface area contributed by atoms with Gasteiger partial charge in [0.2, 0.25) is 0 Å². The number of methoxy groups -OCH3 is 1. The van der Waals surface area contributed by atoms with Crippen LogP contribution in [0.5, 0.6) is 5.75 Å². The monoisotopic (exact) mass is 377 g/mol. The normalized spacial score (nSPS) is 16.1. The highest BCUT2D eigenvalue weighted by atomic mass is 16.5. The Bertz CT molecular complexity index is 898. The second-order valence-electron chi connectivity index (χ2n) is 7.36. The Morgan fingerprint density at radius 3 is 2.57 bits per heavy atom. The summed E-state index contributed by atoms with van der Waals surface area (Å²) in [6, 6.07) is 16.0. The predicted molar refractivity (Wildman–Crippen MR) is 110 cm³/mol. The van der Waals surface area contributed by atoms with Crippen LogP contribution >= 0.6 is 0 Å². The summed E-state index contributed by atoms with van der Waals surface area (Å²) in [5.41, 5.74) is 3.87. The highest BCUT2D eigenvalue weighted by Crippen LogP contribution is 2.30. The van der Waals surface area contributed by atoms with E-state index in [1.807, 2.05) is 36.4 Å². The van der Waals surface area contributed by atoms with Crippen LogP contribution < -0.4 is 4.74 Å². The van der Waals surface area contributed by atoms with Gasteiger partial charge in [0.1, 0.15) is 17.7 Å². The van der Waals surface area contributed by atoms with Gasteiger partial charge in [0, 0.05) is 12.1 Å². The Morgan fingerprint density at radius 1 is 1.07 bits per heavy atom. The average Bonchev–Trinajstić information content (AvgIpc) is 3.24. The van der Waals surface area contributed by atoms with E-state index >= 15 is 0 Å². The molecule has 5 nitrogen and oxygen atoms in total. The molecule has 28 heavy (non-hydrogen) atoms. The summed E-state index contributed by atoms with van der Waals surface area (Å²) >= 11 is 0. The maximum atomic E-state index is 10.8. The molecule has 1 aliphatic rings. The van der Waals surface area contributed by atoms with Gasteiger partial charge < -0.3 is 14.8 Å². The Hall–Kier alpha value is -2.63. The molecule has 0 bridgehead atoms. The number of aliphatic hydroxyl groups is 1. The molecule has 0 spiro atoms. The van der Waals surface area contributed by atoms with Crippen LogP contribution in [-0.4, -0.2) is 40.2 Å². The minimum absolute atomic E-state index is 0.532. The SMILES string of the molecule is COc1ccccc1-c1cnc(C(O)c2ccc(CN3CCCCC3)cc2)[nH]1. The lowest BCUT2D eigenvalue weighted by molar-refractivity contribution is 0.210. The number of likely N-dealkylation sites (tertiary alicyclic amines) is 1. The van der Waals surface area contributed by atoms with Crippen molar-refractivity contribution in [1.82, 2.24) is 14.9 Å². The lowest BCUT2D eigenvalue weighted by Gasteiger charge is -2.26. The fourth-order valence-electron chi connectivity index (χ4n) is 3.82. The molecule has 0 saturated carbocycles. The largest absolute Gasteiger partial charge is 0.496 e. The van der Waals surface area contributed by atoms with E-state index in [4.69, 9.17) is 4.74 Å². The summed E-state index contributed by atoms with van der Waals surface area (Å²) in [6.45, 7) is 3.35. The standard InChI is InChI=1S/C23H27N3O2/c1-28-21-8-4-3-7-19(21)20-15-24-23(25-20)22(27)18-11-9-17(10-12-18)16-26-13-5-2-6-14-26/h3-4,7-12,15,22,27H,2,5-6,13-14,16H2,1H3,(H,24,25). The number of rotatable bonds is 6. The first kappa shape index (κ1) is 18.7. The Morgan fingerprint density at radius 2 is 1.82 bits per heavy atom. The van der Waals surface area contributed by atoms with Crippen molar-refractivity contribution in [3.8, 4) is 17.0 Å². The van der Waals surface area contributed by atoms with E-state index in [0.717, 1.165) is 29.1 Å². The highest BCUT2D eigenvalue weighted by molar-refractivity contribution is 5.66. The summed E-state index contributed by atoms with van der Waals surface area (Å²) in [5, 5.41) is 10.8. The van der Waals surface area contributed by atoms with E-state index < -0.39 is 6.10 Å². The molecule has 1 fully saturated rings. The van der Waals surface area contributed by atoms with Crippen molar-refractivity contribution in [1.29, 1.82) is 0 Å². The van der Waals surface area contributed by atoms with E-state index in [1.165, 1.54) is 37.9 Å². The third-order valence-electron chi connectivity index (χ3n) is 5.40.